The zero-order chi connectivity index (χ0) is 16.9. The third-order valence-corrected chi connectivity index (χ3v) is 5.51. The minimum atomic E-state index is 0.202. The third kappa shape index (κ3) is 3.80. The van der Waals surface area contributed by atoms with Gasteiger partial charge in [-0.05, 0) is 38.8 Å². The highest BCUT2D eigenvalue weighted by atomic mass is 32.2. The Morgan fingerprint density at radius 1 is 1.29 bits per heavy atom. The second-order valence-electron chi connectivity index (χ2n) is 6.23. The molecule has 0 saturated heterocycles. The molecule has 3 rings (SSSR count). The molecule has 128 valence electrons. The van der Waals surface area contributed by atoms with E-state index in [0.717, 1.165) is 30.2 Å². The van der Waals surface area contributed by atoms with Crippen LogP contribution in [0.3, 0.4) is 0 Å². The van der Waals surface area contributed by atoms with Crippen molar-refractivity contribution in [2.24, 2.45) is 0 Å². The van der Waals surface area contributed by atoms with Crippen LogP contribution in [0.25, 0.3) is 5.69 Å². The fourth-order valence-electron chi connectivity index (χ4n) is 3.27. The number of carbonyl (C=O) groups excluding carboxylic acids is 1. The molecule has 0 radical (unpaired) electrons. The van der Waals surface area contributed by atoms with Crippen LogP contribution in [0.2, 0.25) is 0 Å². The van der Waals surface area contributed by atoms with Gasteiger partial charge in [0.15, 0.2) is 5.16 Å². The molecule has 1 saturated carbocycles. The highest BCUT2D eigenvalue weighted by Gasteiger charge is 2.25. The molecule has 1 aromatic heterocycles. The maximum atomic E-state index is 12.6. The Balaban J connectivity index is 1.65. The van der Waals surface area contributed by atoms with Crippen molar-refractivity contribution < 1.29 is 4.79 Å². The summed E-state index contributed by atoms with van der Waals surface area (Å²) in [6, 6.07) is 8.64. The van der Waals surface area contributed by atoms with Crippen molar-refractivity contribution in [2.75, 3.05) is 12.3 Å². The molecule has 1 fully saturated rings. The summed E-state index contributed by atoms with van der Waals surface area (Å²) < 4.78 is 1.93. The first-order chi connectivity index (χ1) is 11.7. The van der Waals surface area contributed by atoms with Gasteiger partial charge >= 0.3 is 0 Å². The minimum absolute atomic E-state index is 0.202. The first kappa shape index (κ1) is 17.0. The van der Waals surface area contributed by atoms with Gasteiger partial charge in [0, 0.05) is 18.3 Å². The van der Waals surface area contributed by atoms with Crippen LogP contribution in [0.4, 0.5) is 0 Å². The standard InChI is InChI=1S/C18H24N4OS/c1-3-21(15-6-4-5-7-15)17(23)12-24-18-20-19-13-22(18)16-10-8-14(2)9-11-16/h8-11,13,15H,3-7,12H2,1-2H3. The first-order valence-electron chi connectivity index (χ1n) is 8.58. The van der Waals surface area contributed by atoms with Crippen LogP contribution < -0.4 is 0 Å². The van der Waals surface area contributed by atoms with Gasteiger partial charge in [-0.2, -0.15) is 0 Å². The molecule has 1 heterocycles. The number of nitrogens with zero attached hydrogens (tertiary/aromatic N) is 4. The Labute approximate surface area is 147 Å². The molecule has 2 aromatic rings. The quantitative estimate of drug-likeness (QED) is 0.753. The number of hydrogen-bond acceptors (Lipinski definition) is 4. The molecule has 1 aliphatic rings. The van der Waals surface area contributed by atoms with Crippen molar-refractivity contribution in [2.45, 2.75) is 50.7 Å². The number of hydrogen-bond donors (Lipinski definition) is 0. The number of carbonyl (C=O) groups is 1. The van der Waals surface area contributed by atoms with Gasteiger partial charge < -0.3 is 4.90 Å². The maximum Gasteiger partial charge on any atom is 0.233 e. The van der Waals surface area contributed by atoms with Crippen molar-refractivity contribution in [3.63, 3.8) is 0 Å². The summed E-state index contributed by atoms with van der Waals surface area (Å²) in [5, 5.41) is 8.94. The summed E-state index contributed by atoms with van der Waals surface area (Å²) >= 11 is 1.46. The predicted molar refractivity (Wildman–Crippen MR) is 96.5 cm³/mol. The maximum absolute atomic E-state index is 12.6. The Morgan fingerprint density at radius 2 is 2.00 bits per heavy atom. The number of benzene rings is 1. The summed E-state index contributed by atoms with van der Waals surface area (Å²) in [6.07, 6.45) is 6.46. The summed E-state index contributed by atoms with van der Waals surface area (Å²) in [4.78, 5) is 14.6. The van der Waals surface area contributed by atoms with E-state index in [0.29, 0.717) is 11.8 Å². The van der Waals surface area contributed by atoms with E-state index in [-0.39, 0.29) is 5.91 Å². The van der Waals surface area contributed by atoms with E-state index in [1.165, 1.54) is 30.2 Å². The molecule has 0 atom stereocenters. The molecular weight excluding hydrogens is 320 g/mol. The van der Waals surface area contributed by atoms with Gasteiger partial charge in [0.25, 0.3) is 0 Å². The van der Waals surface area contributed by atoms with Crippen LogP contribution in [0.15, 0.2) is 35.7 Å². The Bertz CT molecular complexity index is 677. The minimum Gasteiger partial charge on any atom is -0.339 e. The van der Waals surface area contributed by atoms with Gasteiger partial charge in [-0.15, -0.1) is 10.2 Å². The topological polar surface area (TPSA) is 51.0 Å². The largest absolute Gasteiger partial charge is 0.339 e. The lowest BCUT2D eigenvalue weighted by atomic mass is 10.2. The van der Waals surface area contributed by atoms with Gasteiger partial charge in [0.2, 0.25) is 5.91 Å². The van der Waals surface area contributed by atoms with Crippen LogP contribution in [0, 0.1) is 6.92 Å². The zero-order valence-corrected chi connectivity index (χ0v) is 15.1. The molecule has 6 heteroatoms. The van der Waals surface area contributed by atoms with E-state index in [4.69, 9.17) is 0 Å². The Morgan fingerprint density at radius 3 is 2.67 bits per heavy atom. The molecular formula is C18H24N4OS. The van der Waals surface area contributed by atoms with Gasteiger partial charge in [-0.3, -0.25) is 9.36 Å². The van der Waals surface area contributed by atoms with Gasteiger partial charge in [0.1, 0.15) is 6.33 Å². The molecule has 0 unspecified atom stereocenters. The number of thioether (sulfide) groups is 1. The summed E-state index contributed by atoms with van der Waals surface area (Å²) in [7, 11) is 0. The number of amides is 1. The van der Waals surface area contributed by atoms with Crippen molar-refractivity contribution >= 4 is 17.7 Å². The van der Waals surface area contributed by atoms with Crippen LogP contribution in [0.1, 0.15) is 38.2 Å². The van der Waals surface area contributed by atoms with E-state index >= 15 is 0 Å². The summed E-state index contributed by atoms with van der Waals surface area (Å²) in [5.41, 5.74) is 2.23. The zero-order valence-electron chi connectivity index (χ0n) is 14.3. The van der Waals surface area contributed by atoms with Crippen LogP contribution in [-0.2, 0) is 4.79 Å². The first-order valence-corrected chi connectivity index (χ1v) is 9.57. The molecule has 0 bridgehead atoms. The lowest BCUT2D eigenvalue weighted by molar-refractivity contribution is -0.130. The Hall–Kier alpha value is -1.82. The van der Waals surface area contributed by atoms with Gasteiger partial charge in [0.05, 0.1) is 5.75 Å². The van der Waals surface area contributed by atoms with Crippen molar-refractivity contribution in [3.05, 3.63) is 36.2 Å². The number of aryl methyl sites for hydroxylation is 1. The van der Waals surface area contributed by atoms with Crippen molar-refractivity contribution in [3.8, 4) is 5.69 Å². The highest BCUT2D eigenvalue weighted by molar-refractivity contribution is 7.99. The molecule has 5 nitrogen and oxygen atoms in total. The van der Waals surface area contributed by atoms with E-state index < -0.39 is 0 Å². The third-order valence-electron chi connectivity index (χ3n) is 4.58. The van der Waals surface area contributed by atoms with Crippen LogP contribution >= 0.6 is 11.8 Å². The SMILES string of the molecule is CCN(C(=O)CSc1nncn1-c1ccc(C)cc1)C1CCCC1. The van der Waals surface area contributed by atoms with Crippen molar-refractivity contribution in [1.29, 1.82) is 0 Å². The van der Waals surface area contributed by atoms with Crippen LogP contribution in [0.5, 0.6) is 0 Å². The molecule has 1 aliphatic carbocycles. The van der Waals surface area contributed by atoms with E-state index in [1.54, 1.807) is 6.33 Å². The van der Waals surface area contributed by atoms with Crippen LogP contribution in [-0.4, -0.2) is 43.9 Å². The molecule has 1 aromatic carbocycles. The Kier molecular flexibility index (Phi) is 5.56. The fourth-order valence-corrected chi connectivity index (χ4v) is 4.08. The summed E-state index contributed by atoms with van der Waals surface area (Å²) in [6.45, 7) is 4.91. The molecule has 0 aliphatic heterocycles. The molecule has 1 amide bonds. The van der Waals surface area contributed by atoms with Gasteiger partial charge in [-0.25, -0.2) is 0 Å². The number of rotatable bonds is 6. The van der Waals surface area contributed by atoms with Crippen molar-refractivity contribution in [1.82, 2.24) is 19.7 Å². The average molecular weight is 344 g/mol. The molecule has 0 N–H and O–H groups in total. The monoisotopic (exact) mass is 344 g/mol. The smallest absolute Gasteiger partial charge is 0.233 e. The molecule has 24 heavy (non-hydrogen) atoms. The normalized spacial score (nSPS) is 14.9. The summed E-state index contributed by atoms with van der Waals surface area (Å²) in [5.74, 6) is 0.613. The lowest BCUT2D eigenvalue weighted by Crippen LogP contribution is -2.39. The molecule has 0 spiro atoms. The fraction of sp³-hybridized carbons (Fsp3) is 0.500. The predicted octanol–water partition coefficient (Wildman–Crippen LogP) is 3.46. The van der Waals surface area contributed by atoms with E-state index in [1.807, 2.05) is 21.6 Å². The van der Waals surface area contributed by atoms with E-state index in [9.17, 15) is 4.79 Å². The highest BCUT2D eigenvalue weighted by Crippen LogP contribution is 2.25. The average Bonchev–Trinajstić information content (AvgIpc) is 3.26. The second-order valence-corrected chi connectivity index (χ2v) is 7.17. The second kappa shape index (κ2) is 7.83. The van der Waals surface area contributed by atoms with Gasteiger partial charge in [-0.1, -0.05) is 42.3 Å². The lowest BCUT2D eigenvalue weighted by Gasteiger charge is -2.27. The number of aromatic nitrogens is 3. The van der Waals surface area contributed by atoms with E-state index in [2.05, 4.69) is 36.2 Å².